The number of aryl methyl sites for hydroxylation is 1. The summed E-state index contributed by atoms with van der Waals surface area (Å²) in [6, 6.07) is 4.20. The Morgan fingerprint density at radius 1 is 1.19 bits per heavy atom. The highest BCUT2D eigenvalue weighted by Gasteiger charge is 2.07. The van der Waals surface area contributed by atoms with Crippen LogP contribution in [0.2, 0.25) is 0 Å². The summed E-state index contributed by atoms with van der Waals surface area (Å²) >= 11 is 0. The molecule has 0 aromatic carbocycles. The van der Waals surface area contributed by atoms with Crippen LogP contribution < -0.4 is 10.1 Å². The molecule has 0 bridgehead atoms. The molecule has 2 aromatic heterocycles. The van der Waals surface area contributed by atoms with Gasteiger partial charge in [-0.1, -0.05) is 13.8 Å². The van der Waals surface area contributed by atoms with E-state index in [4.69, 9.17) is 4.74 Å². The predicted octanol–water partition coefficient (Wildman–Crippen LogP) is 3.54. The number of ether oxygens (including phenoxy) is 1. The number of nitrogens with one attached hydrogen (secondary N) is 1. The minimum absolute atomic E-state index is 0.256. The van der Waals surface area contributed by atoms with Gasteiger partial charge in [0.25, 0.3) is 0 Å². The lowest BCUT2D eigenvalue weighted by molar-refractivity contribution is 0.476. The molecule has 0 aliphatic rings. The highest BCUT2D eigenvalue weighted by Crippen LogP contribution is 2.21. The van der Waals surface area contributed by atoms with E-state index in [1.54, 1.807) is 12.4 Å². The normalized spacial score (nSPS) is 12.3. The maximum atomic E-state index is 5.75. The molecule has 1 unspecified atom stereocenters. The lowest BCUT2D eigenvalue weighted by Gasteiger charge is -2.12. The molecule has 0 saturated carbocycles. The van der Waals surface area contributed by atoms with E-state index in [1.807, 2.05) is 23.0 Å². The first kappa shape index (κ1) is 15.5. The van der Waals surface area contributed by atoms with Crippen molar-refractivity contribution in [2.45, 2.75) is 46.2 Å². The molecule has 2 aromatic rings. The standard InChI is InChI=1S/C16H24N4O/c1-4-8-17-13(3)16-7-6-14(10-18-16)21-15-11-19-20(12-15)9-5-2/h6-7,10-13,17H,4-5,8-9H2,1-3H3. The summed E-state index contributed by atoms with van der Waals surface area (Å²) < 4.78 is 7.64. The first-order valence-electron chi connectivity index (χ1n) is 7.62. The van der Waals surface area contributed by atoms with Crippen LogP contribution in [-0.4, -0.2) is 21.3 Å². The van der Waals surface area contributed by atoms with Crippen molar-refractivity contribution in [2.24, 2.45) is 0 Å². The molecular formula is C16H24N4O. The maximum Gasteiger partial charge on any atom is 0.165 e. The van der Waals surface area contributed by atoms with Crippen LogP contribution in [-0.2, 0) is 6.54 Å². The van der Waals surface area contributed by atoms with Crippen molar-refractivity contribution in [1.29, 1.82) is 0 Å². The van der Waals surface area contributed by atoms with Crippen molar-refractivity contribution in [3.63, 3.8) is 0 Å². The van der Waals surface area contributed by atoms with Crippen molar-refractivity contribution in [3.05, 3.63) is 36.4 Å². The Morgan fingerprint density at radius 2 is 2.05 bits per heavy atom. The van der Waals surface area contributed by atoms with Crippen LogP contribution in [0.5, 0.6) is 11.5 Å². The van der Waals surface area contributed by atoms with E-state index in [0.717, 1.165) is 43.1 Å². The average Bonchev–Trinajstić information content (AvgIpc) is 2.93. The van der Waals surface area contributed by atoms with Crippen LogP contribution in [0, 0.1) is 0 Å². The van der Waals surface area contributed by atoms with E-state index < -0.39 is 0 Å². The number of hydrogen-bond acceptors (Lipinski definition) is 4. The molecule has 5 nitrogen and oxygen atoms in total. The third-order valence-corrected chi connectivity index (χ3v) is 3.20. The van der Waals surface area contributed by atoms with Gasteiger partial charge in [0.1, 0.15) is 5.75 Å². The van der Waals surface area contributed by atoms with Gasteiger partial charge in [-0.2, -0.15) is 5.10 Å². The van der Waals surface area contributed by atoms with E-state index >= 15 is 0 Å². The molecule has 0 spiro atoms. The van der Waals surface area contributed by atoms with Crippen molar-refractivity contribution in [1.82, 2.24) is 20.1 Å². The Hall–Kier alpha value is -1.88. The van der Waals surface area contributed by atoms with Gasteiger partial charge >= 0.3 is 0 Å². The lowest BCUT2D eigenvalue weighted by atomic mass is 10.2. The minimum Gasteiger partial charge on any atom is -0.452 e. The van der Waals surface area contributed by atoms with Crippen LogP contribution in [0.3, 0.4) is 0 Å². The number of pyridine rings is 1. The zero-order valence-electron chi connectivity index (χ0n) is 13.0. The maximum absolute atomic E-state index is 5.75. The zero-order chi connectivity index (χ0) is 15.1. The molecule has 1 N–H and O–H groups in total. The highest BCUT2D eigenvalue weighted by molar-refractivity contribution is 5.27. The van der Waals surface area contributed by atoms with Gasteiger partial charge in [0.15, 0.2) is 5.75 Å². The molecular weight excluding hydrogens is 264 g/mol. The smallest absolute Gasteiger partial charge is 0.165 e. The van der Waals surface area contributed by atoms with Gasteiger partial charge in [-0.05, 0) is 38.4 Å². The number of aromatic nitrogens is 3. The van der Waals surface area contributed by atoms with Crippen LogP contribution in [0.25, 0.3) is 0 Å². The van der Waals surface area contributed by atoms with E-state index in [-0.39, 0.29) is 6.04 Å². The quantitative estimate of drug-likeness (QED) is 0.807. The third-order valence-electron chi connectivity index (χ3n) is 3.20. The molecule has 21 heavy (non-hydrogen) atoms. The van der Waals surface area contributed by atoms with E-state index in [2.05, 4.69) is 36.2 Å². The van der Waals surface area contributed by atoms with E-state index in [1.165, 1.54) is 0 Å². The summed E-state index contributed by atoms with van der Waals surface area (Å²) in [5.41, 5.74) is 1.03. The summed E-state index contributed by atoms with van der Waals surface area (Å²) in [4.78, 5) is 4.46. The molecule has 0 aliphatic heterocycles. The summed E-state index contributed by atoms with van der Waals surface area (Å²) in [6.45, 7) is 8.30. The molecule has 0 fully saturated rings. The largest absolute Gasteiger partial charge is 0.452 e. The van der Waals surface area contributed by atoms with E-state index in [9.17, 15) is 0 Å². The van der Waals surface area contributed by atoms with Crippen LogP contribution in [0.1, 0.15) is 45.3 Å². The van der Waals surface area contributed by atoms with Gasteiger partial charge in [0.05, 0.1) is 24.3 Å². The van der Waals surface area contributed by atoms with E-state index in [0.29, 0.717) is 0 Å². The first-order valence-corrected chi connectivity index (χ1v) is 7.62. The van der Waals surface area contributed by atoms with Gasteiger partial charge < -0.3 is 10.1 Å². The van der Waals surface area contributed by atoms with Crippen molar-refractivity contribution >= 4 is 0 Å². The summed E-state index contributed by atoms with van der Waals surface area (Å²) in [5.74, 6) is 1.48. The number of hydrogen-bond donors (Lipinski definition) is 1. The highest BCUT2D eigenvalue weighted by atomic mass is 16.5. The molecule has 1 atom stereocenters. The van der Waals surface area contributed by atoms with Gasteiger partial charge in [0.2, 0.25) is 0 Å². The summed E-state index contributed by atoms with van der Waals surface area (Å²) in [5, 5.41) is 7.66. The number of nitrogens with zero attached hydrogens (tertiary/aromatic N) is 3. The molecule has 0 aliphatic carbocycles. The number of rotatable bonds is 8. The second-order valence-corrected chi connectivity index (χ2v) is 5.14. The average molecular weight is 288 g/mol. The fraction of sp³-hybridized carbons (Fsp3) is 0.500. The topological polar surface area (TPSA) is 52.0 Å². The summed E-state index contributed by atoms with van der Waals surface area (Å²) in [6.07, 6.45) is 7.57. The van der Waals surface area contributed by atoms with Gasteiger partial charge in [0, 0.05) is 12.6 Å². The monoisotopic (exact) mass is 288 g/mol. The Labute approximate surface area is 126 Å². The lowest BCUT2D eigenvalue weighted by Crippen LogP contribution is -2.20. The fourth-order valence-corrected chi connectivity index (χ4v) is 2.06. The third kappa shape index (κ3) is 4.56. The van der Waals surface area contributed by atoms with Crippen LogP contribution in [0.15, 0.2) is 30.7 Å². The van der Waals surface area contributed by atoms with Crippen molar-refractivity contribution in [2.75, 3.05) is 6.54 Å². The SMILES string of the molecule is CCCNC(C)c1ccc(Oc2cnn(CCC)c2)cn1. The fourth-order valence-electron chi connectivity index (χ4n) is 2.06. The van der Waals surface area contributed by atoms with Crippen LogP contribution >= 0.6 is 0 Å². The molecule has 2 heterocycles. The van der Waals surface area contributed by atoms with Crippen LogP contribution in [0.4, 0.5) is 0 Å². The Bertz CT molecular complexity index is 535. The Kier molecular flexibility index (Phi) is 5.75. The van der Waals surface area contributed by atoms with Crippen molar-refractivity contribution in [3.8, 4) is 11.5 Å². The first-order chi connectivity index (χ1) is 10.2. The molecule has 0 radical (unpaired) electrons. The van der Waals surface area contributed by atoms with Gasteiger partial charge in [-0.25, -0.2) is 0 Å². The molecule has 0 amide bonds. The Morgan fingerprint density at radius 3 is 2.71 bits per heavy atom. The second-order valence-electron chi connectivity index (χ2n) is 5.14. The molecule has 114 valence electrons. The molecule has 5 heteroatoms. The van der Waals surface area contributed by atoms with Crippen molar-refractivity contribution < 1.29 is 4.74 Å². The minimum atomic E-state index is 0.256. The second kappa shape index (κ2) is 7.78. The van der Waals surface area contributed by atoms with Gasteiger partial charge in [-0.15, -0.1) is 0 Å². The Balaban J connectivity index is 1.95. The summed E-state index contributed by atoms with van der Waals surface area (Å²) in [7, 11) is 0. The zero-order valence-corrected chi connectivity index (χ0v) is 13.0. The predicted molar refractivity (Wildman–Crippen MR) is 83.5 cm³/mol. The molecule has 2 rings (SSSR count). The van der Waals surface area contributed by atoms with Gasteiger partial charge in [-0.3, -0.25) is 9.67 Å². The molecule has 0 saturated heterocycles.